The third-order valence-electron chi connectivity index (χ3n) is 4.89. The van der Waals surface area contributed by atoms with Crippen LogP contribution < -0.4 is 5.32 Å². The molecule has 0 spiro atoms. The first-order chi connectivity index (χ1) is 15.8. The van der Waals surface area contributed by atoms with Crippen LogP contribution in [-0.2, 0) is 25.5 Å². The van der Waals surface area contributed by atoms with Crippen molar-refractivity contribution in [3.05, 3.63) is 88.7 Å². The minimum atomic E-state index is -0.712. The molecule has 1 unspecified atom stereocenters. The normalized spacial score (nSPS) is 11.8. The molecule has 2 aromatic carbocycles. The zero-order valence-electron chi connectivity index (χ0n) is 18.3. The van der Waals surface area contributed by atoms with Crippen molar-refractivity contribution in [3.63, 3.8) is 0 Å². The van der Waals surface area contributed by atoms with Crippen LogP contribution in [0, 0.1) is 6.92 Å². The maximum absolute atomic E-state index is 12.2. The van der Waals surface area contributed by atoms with Crippen LogP contribution in [0.1, 0.15) is 23.7 Å². The van der Waals surface area contributed by atoms with Gasteiger partial charge in [0.15, 0.2) is 12.4 Å². The van der Waals surface area contributed by atoms with Crippen LogP contribution >= 0.6 is 11.6 Å². The van der Waals surface area contributed by atoms with E-state index in [9.17, 15) is 14.4 Å². The van der Waals surface area contributed by atoms with Crippen molar-refractivity contribution in [1.82, 2.24) is 15.1 Å². The SMILES string of the molecule is CC(=O)C(Cc1ccccc1)NC(=O)COC(=O)/C=C/c1c(C)nn(-c2ccccc2)c1Cl. The number of carbonyl (C=O) groups excluding carboxylic acids is 3. The number of hydrogen-bond acceptors (Lipinski definition) is 5. The molecule has 0 saturated carbocycles. The molecule has 0 aliphatic carbocycles. The summed E-state index contributed by atoms with van der Waals surface area (Å²) >= 11 is 6.43. The van der Waals surface area contributed by atoms with Crippen LogP contribution in [0.25, 0.3) is 11.8 Å². The first-order valence-corrected chi connectivity index (χ1v) is 10.7. The zero-order chi connectivity index (χ0) is 23.8. The van der Waals surface area contributed by atoms with Gasteiger partial charge >= 0.3 is 5.97 Å². The number of carbonyl (C=O) groups is 3. The molecule has 1 aromatic heterocycles. The summed E-state index contributed by atoms with van der Waals surface area (Å²) in [6, 6.07) is 18.0. The first-order valence-electron chi connectivity index (χ1n) is 10.3. The smallest absolute Gasteiger partial charge is 0.331 e. The fraction of sp³-hybridized carbons (Fsp3) is 0.200. The summed E-state index contributed by atoms with van der Waals surface area (Å²) in [6.45, 7) is 2.68. The molecule has 0 saturated heterocycles. The Morgan fingerprint density at radius 2 is 1.73 bits per heavy atom. The van der Waals surface area contributed by atoms with Crippen molar-refractivity contribution in [3.8, 4) is 5.69 Å². The number of rotatable bonds is 9. The predicted molar refractivity (Wildman–Crippen MR) is 126 cm³/mol. The molecule has 1 atom stereocenters. The van der Waals surface area contributed by atoms with Crippen molar-refractivity contribution < 1.29 is 19.1 Å². The quantitative estimate of drug-likeness (QED) is 0.384. The van der Waals surface area contributed by atoms with E-state index in [1.54, 1.807) is 11.6 Å². The van der Waals surface area contributed by atoms with Gasteiger partial charge in [-0.15, -0.1) is 0 Å². The van der Waals surface area contributed by atoms with Gasteiger partial charge in [-0.05, 0) is 44.0 Å². The minimum absolute atomic E-state index is 0.182. The second kappa shape index (κ2) is 11.2. The topological polar surface area (TPSA) is 90.3 Å². The molecule has 3 aromatic rings. The summed E-state index contributed by atoms with van der Waals surface area (Å²) in [4.78, 5) is 36.2. The number of ether oxygens (including phenoxy) is 1. The maximum Gasteiger partial charge on any atom is 0.331 e. The molecule has 0 radical (unpaired) electrons. The third-order valence-corrected chi connectivity index (χ3v) is 5.25. The first kappa shape index (κ1) is 23.9. The van der Waals surface area contributed by atoms with Crippen molar-refractivity contribution in [2.75, 3.05) is 6.61 Å². The van der Waals surface area contributed by atoms with E-state index in [2.05, 4.69) is 10.4 Å². The highest BCUT2D eigenvalue weighted by Gasteiger charge is 2.18. The molecular formula is C25H24ClN3O4. The number of amides is 1. The Morgan fingerprint density at radius 3 is 2.36 bits per heavy atom. The number of aryl methyl sites for hydroxylation is 1. The van der Waals surface area contributed by atoms with Crippen LogP contribution in [-0.4, -0.2) is 40.1 Å². The lowest BCUT2D eigenvalue weighted by molar-refractivity contribution is -0.144. The Bertz CT molecular complexity index is 1160. The van der Waals surface area contributed by atoms with Gasteiger partial charge in [-0.1, -0.05) is 60.1 Å². The van der Waals surface area contributed by atoms with Crippen molar-refractivity contribution in [2.24, 2.45) is 0 Å². The van der Waals surface area contributed by atoms with Gasteiger partial charge in [0.1, 0.15) is 5.15 Å². The number of nitrogens with one attached hydrogen (secondary N) is 1. The number of hydrogen-bond donors (Lipinski definition) is 1. The van der Waals surface area contributed by atoms with Crippen LogP contribution in [0.2, 0.25) is 5.15 Å². The van der Waals surface area contributed by atoms with Gasteiger partial charge in [-0.2, -0.15) is 5.10 Å². The van der Waals surface area contributed by atoms with Crippen LogP contribution in [0.15, 0.2) is 66.7 Å². The Kier molecular flexibility index (Phi) is 8.16. The van der Waals surface area contributed by atoms with Gasteiger partial charge in [0.05, 0.1) is 17.4 Å². The van der Waals surface area contributed by atoms with E-state index in [0.717, 1.165) is 11.3 Å². The Hall–Kier alpha value is -3.71. The fourth-order valence-electron chi connectivity index (χ4n) is 3.16. The van der Waals surface area contributed by atoms with Crippen LogP contribution in [0.4, 0.5) is 0 Å². The maximum atomic E-state index is 12.2. The van der Waals surface area contributed by atoms with Gasteiger partial charge in [0, 0.05) is 11.6 Å². The number of benzene rings is 2. The average Bonchev–Trinajstić information content (AvgIpc) is 3.10. The standard InChI is InChI=1S/C25H24ClN3O4/c1-17-21(25(26)29(28-17)20-11-7-4-8-12-20)13-14-24(32)33-16-23(31)27-22(18(2)30)15-19-9-5-3-6-10-19/h3-14,22H,15-16H2,1-2H3,(H,27,31)/b14-13+. The van der Waals surface area contributed by atoms with E-state index in [1.807, 2.05) is 60.7 Å². The highest BCUT2D eigenvalue weighted by Crippen LogP contribution is 2.24. The second-order valence-corrected chi connectivity index (χ2v) is 7.76. The van der Waals surface area contributed by atoms with Crippen molar-refractivity contribution in [2.45, 2.75) is 26.3 Å². The molecule has 170 valence electrons. The summed E-state index contributed by atoms with van der Waals surface area (Å²) < 4.78 is 6.58. The number of Topliss-reactive ketones (excluding diaryl/α,β-unsaturated/α-hetero) is 1. The largest absolute Gasteiger partial charge is 0.452 e. The molecule has 0 bridgehead atoms. The molecule has 0 aliphatic heterocycles. The number of aromatic nitrogens is 2. The van der Waals surface area contributed by atoms with Gasteiger partial charge in [0.2, 0.25) is 0 Å². The van der Waals surface area contributed by atoms with Gasteiger partial charge < -0.3 is 10.1 Å². The lowest BCUT2D eigenvalue weighted by Gasteiger charge is -2.16. The van der Waals surface area contributed by atoms with Crippen LogP contribution in [0.5, 0.6) is 0 Å². The number of nitrogens with zero attached hydrogens (tertiary/aromatic N) is 2. The van der Waals surface area contributed by atoms with E-state index in [1.165, 1.54) is 19.1 Å². The van der Waals surface area contributed by atoms with Crippen molar-refractivity contribution >= 4 is 35.3 Å². The zero-order valence-corrected chi connectivity index (χ0v) is 19.1. The minimum Gasteiger partial charge on any atom is -0.452 e. The molecule has 8 heteroatoms. The van der Waals surface area contributed by atoms with Crippen molar-refractivity contribution in [1.29, 1.82) is 0 Å². The molecule has 1 N–H and O–H groups in total. The summed E-state index contributed by atoms with van der Waals surface area (Å²) in [6.07, 6.45) is 3.04. The Balaban J connectivity index is 1.56. The van der Waals surface area contributed by atoms with E-state index < -0.39 is 24.5 Å². The molecule has 0 aliphatic rings. The molecular weight excluding hydrogens is 442 g/mol. The van der Waals surface area contributed by atoms with E-state index in [4.69, 9.17) is 16.3 Å². The summed E-state index contributed by atoms with van der Waals surface area (Å²) in [5, 5.41) is 7.36. The number of esters is 1. The fourth-order valence-corrected chi connectivity index (χ4v) is 3.49. The Morgan fingerprint density at radius 1 is 1.09 bits per heavy atom. The molecule has 7 nitrogen and oxygen atoms in total. The number of ketones is 1. The molecule has 3 rings (SSSR count). The lowest BCUT2D eigenvalue weighted by Crippen LogP contribution is -2.43. The Labute approximate surface area is 197 Å². The number of halogens is 1. The predicted octanol–water partition coefficient (Wildman–Crippen LogP) is 3.71. The van der Waals surface area contributed by atoms with E-state index in [0.29, 0.717) is 22.8 Å². The average molecular weight is 466 g/mol. The molecule has 1 amide bonds. The van der Waals surface area contributed by atoms with E-state index >= 15 is 0 Å². The second-order valence-electron chi connectivity index (χ2n) is 7.40. The van der Waals surface area contributed by atoms with Gasteiger partial charge in [0.25, 0.3) is 5.91 Å². The third kappa shape index (κ3) is 6.63. The highest BCUT2D eigenvalue weighted by atomic mass is 35.5. The molecule has 1 heterocycles. The summed E-state index contributed by atoms with van der Waals surface area (Å²) in [7, 11) is 0. The number of para-hydroxylation sites is 1. The summed E-state index contributed by atoms with van der Waals surface area (Å²) in [5.41, 5.74) is 2.92. The highest BCUT2D eigenvalue weighted by molar-refractivity contribution is 6.31. The van der Waals surface area contributed by atoms with Crippen LogP contribution in [0.3, 0.4) is 0 Å². The van der Waals surface area contributed by atoms with Gasteiger partial charge in [-0.25, -0.2) is 9.48 Å². The monoisotopic (exact) mass is 465 g/mol. The lowest BCUT2D eigenvalue weighted by atomic mass is 10.0. The summed E-state index contributed by atoms with van der Waals surface area (Å²) in [5.74, 6) is -1.45. The van der Waals surface area contributed by atoms with E-state index in [-0.39, 0.29) is 5.78 Å². The van der Waals surface area contributed by atoms with Gasteiger partial charge in [-0.3, -0.25) is 9.59 Å². The molecule has 0 fully saturated rings. The molecule has 33 heavy (non-hydrogen) atoms.